The third-order valence-electron chi connectivity index (χ3n) is 4.25. The van der Waals surface area contributed by atoms with Gasteiger partial charge in [0.15, 0.2) is 6.61 Å². The fourth-order valence-electron chi connectivity index (χ4n) is 2.78. The number of rotatable bonds is 8. The second kappa shape index (κ2) is 10.6. The first-order valence-electron chi connectivity index (χ1n) is 9.86. The van der Waals surface area contributed by atoms with Crippen molar-refractivity contribution >= 4 is 12.1 Å². The zero-order chi connectivity index (χ0) is 22.1. The van der Waals surface area contributed by atoms with Gasteiger partial charge in [-0.1, -0.05) is 36.4 Å². The lowest BCUT2D eigenvalue weighted by atomic mass is 10.0. The van der Waals surface area contributed by atoms with E-state index in [1.165, 1.54) is 0 Å². The lowest BCUT2D eigenvalue weighted by molar-refractivity contribution is -0.123. The highest BCUT2D eigenvalue weighted by molar-refractivity contribution is 5.85. The van der Waals surface area contributed by atoms with Gasteiger partial charge in [0.25, 0.3) is 5.91 Å². The normalized spacial score (nSPS) is 10.6. The molecular weight excluding hydrogens is 390 g/mol. The number of nitrogens with zero attached hydrogens (tertiary/aromatic N) is 2. The van der Waals surface area contributed by atoms with Crippen LogP contribution >= 0.6 is 0 Å². The van der Waals surface area contributed by atoms with Crippen LogP contribution in [-0.4, -0.2) is 24.8 Å². The number of ether oxygens (including phenoxy) is 2. The maximum atomic E-state index is 12.0. The summed E-state index contributed by atoms with van der Waals surface area (Å²) in [6, 6.07) is 24.3. The van der Waals surface area contributed by atoms with Gasteiger partial charge in [0, 0.05) is 5.56 Å². The molecule has 0 saturated heterocycles. The second-order valence-corrected chi connectivity index (χ2v) is 7.00. The number of benzene rings is 3. The Hall–Kier alpha value is -4.11. The molecule has 0 saturated carbocycles. The fourth-order valence-corrected chi connectivity index (χ4v) is 2.78. The zero-order valence-corrected chi connectivity index (χ0v) is 17.4. The van der Waals surface area contributed by atoms with Crippen molar-refractivity contribution < 1.29 is 14.3 Å². The number of carbonyl (C=O) groups excluding carboxylic acids is 1. The summed E-state index contributed by atoms with van der Waals surface area (Å²) in [4.78, 5) is 12.0. The van der Waals surface area contributed by atoms with Crippen LogP contribution < -0.4 is 14.9 Å². The SMILES string of the molecule is CC(C)Oc1ccccc1/C=N/NC(=O)COc1ccc(-c2ccc(C#N)cc2)cc1. The predicted molar refractivity (Wildman–Crippen MR) is 120 cm³/mol. The number of nitriles is 1. The van der Waals surface area contributed by atoms with Crippen molar-refractivity contribution in [3.63, 3.8) is 0 Å². The van der Waals surface area contributed by atoms with Crippen molar-refractivity contribution in [2.45, 2.75) is 20.0 Å². The average Bonchev–Trinajstić information content (AvgIpc) is 2.79. The lowest BCUT2D eigenvalue weighted by Crippen LogP contribution is -2.24. The average molecular weight is 413 g/mol. The topological polar surface area (TPSA) is 83.7 Å². The molecule has 1 amide bonds. The Kier molecular flexibility index (Phi) is 7.39. The molecule has 3 aromatic carbocycles. The molecular formula is C25H23N3O3. The van der Waals surface area contributed by atoms with E-state index < -0.39 is 0 Å². The van der Waals surface area contributed by atoms with E-state index in [9.17, 15) is 4.79 Å². The first-order chi connectivity index (χ1) is 15.0. The van der Waals surface area contributed by atoms with E-state index in [1.807, 2.05) is 62.4 Å². The second-order valence-electron chi connectivity index (χ2n) is 7.00. The molecule has 0 fully saturated rings. The summed E-state index contributed by atoms with van der Waals surface area (Å²) in [5.41, 5.74) is 5.84. The van der Waals surface area contributed by atoms with Gasteiger partial charge in [-0.05, 0) is 61.4 Å². The van der Waals surface area contributed by atoms with Crippen LogP contribution in [0.5, 0.6) is 11.5 Å². The van der Waals surface area contributed by atoms with E-state index in [0.29, 0.717) is 17.1 Å². The Morgan fingerprint density at radius 2 is 1.68 bits per heavy atom. The standard InChI is InChI=1S/C25H23N3O3/c1-18(2)31-24-6-4-3-5-22(24)16-27-28-25(29)17-30-23-13-11-21(12-14-23)20-9-7-19(15-26)8-10-20/h3-14,16,18H,17H2,1-2H3,(H,28,29)/b27-16+. The van der Waals surface area contributed by atoms with Crippen LogP contribution in [0.2, 0.25) is 0 Å². The van der Waals surface area contributed by atoms with Gasteiger partial charge in [0.2, 0.25) is 0 Å². The highest BCUT2D eigenvalue weighted by Gasteiger charge is 2.05. The summed E-state index contributed by atoms with van der Waals surface area (Å²) in [7, 11) is 0. The van der Waals surface area contributed by atoms with Crippen LogP contribution in [0.3, 0.4) is 0 Å². The first kappa shape index (κ1) is 21.6. The molecule has 0 aromatic heterocycles. The molecule has 3 rings (SSSR count). The van der Waals surface area contributed by atoms with E-state index in [0.717, 1.165) is 16.7 Å². The van der Waals surface area contributed by atoms with Crippen LogP contribution in [-0.2, 0) is 4.79 Å². The van der Waals surface area contributed by atoms with Crippen LogP contribution in [0.15, 0.2) is 77.9 Å². The van der Waals surface area contributed by atoms with Gasteiger partial charge in [-0.3, -0.25) is 4.79 Å². The molecule has 1 N–H and O–H groups in total. The van der Waals surface area contributed by atoms with Crippen molar-refractivity contribution in [1.29, 1.82) is 5.26 Å². The molecule has 0 unspecified atom stereocenters. The summed E-state index contributed by atoms with van der Waals surface area (Å²) in [6.45, 7) is 3.74. The predicted octanol–water partition coefficient (Wildman–Crippen LogP) is 4.54. The van der Waals surface area contributed by atoms with E-state index >= 15 is 0 Å². The Morgan fingerprint density at radius 1 is 1.03 bits per heavy atom. The van der Waals surface area contributed by atoms with E-state index in [4.69, 9.17) is 14.7 Å². The highest BCUT2D eigenvalue weighted by Crippen LogP contribution is 2.23. The molecule has 0 spiro atoms. The third-order valence-corrected chi connectivity index (χ3v) is 4.25. The minimum absolute atomic E-state index is 0.0424. The molecule has 0 aliphatic carbocycles. The largest absolute Gasteiger partial charge is 0.490 e. The highest BCUT2D eigenvalue weighted by atomic mass is 16.5. The van der Waals surface area contributed by atoms with Crippen molar-refractivity contribution in [3.8, 4) is 28.7 Å². The molecule has 0 aliphatic heterocycles. The lowest BCUT2D eigenvalue weighted by Gasteiger charge is -2.11. The van der Waals surface area contributed by atoms with Crippen molar-refractivity contribution in [2.24, 2.45) is 5.10 Å². The molecule has 6 nitrogen and oxygen atoms in total. The molecule has 0 heterocycles. The number of hydrogen-bond acceptors (Lipinski definition) is 5. The number of nitrogens with one attached hydrogen (secondary N) is 1. The molecule has 0 bridgehead atoms. The monoisotopic (exact) mass is 413 g/mol. The Bertz CT molecular complexity index is 1080. The van der Waals surface area contributed by atoms with Gasteiger partial charge in [0.05, 0.1) is 24.0 Å². The molecule has 31 heavy (non-hydrogen) atoms. The third kappa shape index (κ3) is 6.44. The van der Waals surface area contributed by atoms with E-state index in [2.05, 4.69) is 16.6 Å². The van der Waals surface area contributed by atoms with Gasteiger partial charge in [-0.2, -0.15) is 10.4 Å². The number of hydrogen-bond donors (Lipinski definition) is 1. The number of para-hydroxylation sites is 1. The summed E-state index contributed by atoms with van der Waals surface area (Å²) in [5.74, 6) is 0.913. The summed E-state index contributed by atoms with van der Waals surface area (Å²) in [5, 5.41) is 12.9. The number of amides is 1. The van der Waals surface area contributed by atoms with Gasteiger partial charge in [-0.25, -0.2) is 5.43 Å². The van der Waals surface area contributed by atoms with Crippen molar-refractivity contribution in [2.75, 3.05) is 6.61 Å². The molecule has 0 radical (unpaired) electrons. The fraction of sp³-hybridized carbons (Fsp3) is 0.160. The smallest absolute Gasteiger partial charge is 0.277 e. The van der Waals surface area contributed by atoms with Gasteiger partial charge < -0.3 is 9.47 Å². The van der Waals surface area contributed by atoms with Gasteiger partial charge >= 0.3 is 0 Å². The van der Waals surface area contributed by atoms with E-state index in [-0.39, 0.29) is 18.6 Å². The van der Waals surface area contributed by atoms with Crippen LogP contribution in [0, 0.1) is 11.3 Å². The molecule has 156 valence electrons. The minimum atomic E-state index is -0.366. The Balaban J connectivity index is 1.51. The maximum absolute atomic E-state index is 12.0. The number of hydrazone groups is 1. The van der Waals surface area contributed by atoms with Crippen LogP contribution in [0.25, 0.3) is 11.1 Å². The summed E-state index contributed by atoms with van der Waals surface area (Å²) < 4.78 is 11.2. The molecule has 0 aliphatic rings. The zero-order valence-electron chi connectivity index (χ0n) is 17.4. The Morgan fingerprint density at radius 3 is 2.32 bits per heavy atom. The maximum Gasteiger partial charge on any atom is 0.277 e. The van der Waals surface area contributed by atoms with Gasteiger partial charge in [-0.15, -0.1) is 0 Å². The molecule has 0 atom stereocenters. The van der Waals surface area contributed by atoms with Crippen molar-refractivity contribution in [3.05, 3.63) is 83.9 Å². The summed E-state index contributed by atoms with van der Waals surface area (Å²) in [6.07, 6.45) is 1.59. The Labute approximate surface area is 181 Å². The van der Waals surface area contributed by atoms with Crippen molar-refractivity contribution in [1.82, 2.24) is 5.43 Å². The van der Waals surface area contributed by atoms with E-state index in [1.54, 1.807) is 30.5 Å². The number of carbonyl (C=O) groups is 1. The minimum Gasteiger partial charge on any atom is -0.490 e. The first-order valence-corrected chi connectivity index (χ1v) is 9.86. The summed E-state index contributed by atoms with van der Waals surface area (Å²) >= 11 is 0. The quantitative estimate of drug-likeness (QED) is 0.434. The molecule has 6 heteroatoms. The molecule has 3 aromatic rings. The van der Waals surface area contributed by atoms with Crippen LogP contribution in [0.1, 0.15) is 25.0 Å². The van der Waals surface area contributed by atoms with Crippen LogP contribution in [0.4, 0.5) is 0 Å². The van der Waals surface area contributed by atoms with Gasteiger partial charge in [0.1, 0.15) is 11.5 Å².